The minimum absolute atomic E-state index is 0.125. The second kappa shape index (κ2) is 8.84. The summed E-state index contributed by atoms with van der Waals surface area (Å²) in [6, 6.07) is 23.3. The minimum Gasteiger partial charge on any atom is -0.483 e. The van der Waals surface area contributed by atoms with Gasteiger partial charge >= 0.3 is 0 Å². The highest BCUT2D eigenvalue weighted by Crippen LogP contribution is 2.25. The molecule has 0 spiro atoms. The van der Waals surface area contributed by atoms with Crippen molar-refractivity contribution in [1.82, 2.24) is 9.99 Å². The number of carbonyl (C=O) groups is 1. The summed E-state index contributed by atoms with van der Waals surface area (Å²) in [5.41, 5.74) is 5.25. The van der Waals surface area contributed by atoms with Crippen LogP contribution in [0.15, 0.2) is 84.1 Å². The Bertz CT molecular complexity index is 1220. The molecule has 6 heteroatoms. The molecule has 0 aliphatic rings. The summed E-state index contributed by atoms with van der Waals surface area (Å²) in [5, 5.41) is 6.78. The van der Waals surface area contributed by atoms with Crippen LogP contribution < -0.4 is 10.2 Å². The third kappa shape index (κ3) is 4.36. The molecular formula is C24H20ClN3O2. The van der Waals surface area contributed by atoms with Gasteiger partial charge in [0.05, 0.1) is 11.9 Å². The number of nitrogens with zero attached hydrogens (tertiary/aromatic N) is 2. The highest BCUT2D eigenvalue weighted by atomic mass is 35.5. The van der Waals surface area contributed by atoms with Crippen molar-refractivity contribution in [2.45, 2.75) is 6.92 Å². The average Bonchev–Trinajstić information content (AvgIpc) is 3.22. The van der Waals surface area contributed by atoms with Crippen LogP contribution in [0, 0.1) is 6.92 Å². The molecule has 1 amide bonds. The predicted molar refractivity (Wildman–Crippen MR) is 121 cm³/mol. The Morgan fingerprint density at radius 3 is 2.80 bits per heavy atom. The standard InChI is InChI=1S/C24H20ClN3O2/c1-17-11-12-19(14-22(17)25)28-13-5-8-20(28)15-26-27-24(29)16-30-23-10-4-7-18-6-2-3-9-21(18)23/h2-15H,16H2,1H3,(H,27,29)/b26-15+. The fraction of sp³-hybridized carbons (Fsp3) is 0.0833. The van der Waals surface area contributed by atoms with Gasteiger partial charge in [0, 0.05) is 22.3 Å². The predicted octanol–water partition coefficient (Wildman–Crippen LogP) is 5.12. The van der Waals surface area contributed by atoms with Crippen LogP contribution >= 0.6 is 11.6 Å². The van der Waals surface area contributed by atoms with Crippen LogP contribution in [0.1, 0.15) is 11.3 Å². The summed E-state index contributed by atoms with van der Waals surface area (Å²) in [4.78, 5) is 12.1. The summed E-state index contributed by atoms with van der Waals surface area (Å²) in [6.07, 6.45) is 3.50. The van der Waals surface area contributed by atoms with E-state index in [0.29, 0.717) is 10.8 Å². The van der Waals surface area contributed by atoms with Gasteiger partial charge in [-0.15, -0.1) is 0 Å². The number of rotatable bonds is 6. The van der Waals surface area contributed by atoms with Crippen LogP contribution in [0.3, 0.4) is 0 Å². The second-order valence-corrected chi connectivity index (χ2v) is 7.20. The number of benzene rings is 3. The number of halogens is 1. The van der Waals surface area contributed by atoms with Crippen LogP contribution in [0.4, 0.5) is 0 Å². The van der Waals surface area contributed by atoms with E-state index in [9.17, 15) is 4.79 Å². The Morgan fingerprint density at radius 1 is 1.10 bits per heavy atom. The highest BCUT2D eigenvalue weighted by molar-refractivity contribution is 6.31. The smallest absolute Gasteiger partial charge is 0.277 e. The van der Waals surface area contributed by atoms with Gasteiger partial charge < -0.3 is 9.30 Å². The first-order valence-corrected chi connectivity index (χ1v) is 9.86. The number of aromatic nitrogens is 1. The number of aryl methyl sites for hydroxylation is 1. The van der Waals surface area contributed by atoms with Gasteiger partial charge in [0.15, 0.2) is 6.61 Å². The number of carbonyl (C=O) groups excluding carboxylic acids is 1. The zero-order chi connectivity index (χ0) is 20.9. The van der Waals surface area contributed by atoms with E-state index >= 15 is 0 Å². The molecule has 30 heavy (non-hydrogen) atoms. The molecule has 5 nitrogen and oxygen atoms in total. The molecule has 0 unspecified atom stereocenters. The number of amides is 1. The van der Waals surface area contributed by atoms with E-state index in [1.54, 1.807) is 6.21 Å². The molecule has 0 bridgehead atoms. The van der Waals surface area contributed by atoms with Gasteiger partial charge in [-0.25, -0.2) is 5.43 Å². The van der Waals surface area contributed by atoms with Crippen LogP contribution in [0.5, 0.6) is 5.75 Å². The molecule has 0 aliphatic carbocycles. The van der Waals surface area contributed by atoms with E-state index < -0.39 is 0 Å². The van der Waals surface area contributed by atoms with Crippen molar-refractivity contribution >= 4 is 34.5 Å². The van der Waals surface area contributed by atoms with Crippen molar-refractivity contribution < 1.29 is 9.53 Å². The molecule has 150 valence electrons. The summed E-state index contributed by atoms with van der Waals surface area (Å²) in [6.45, 7) is 1.83. The molecule has 1 heterocycles. The van der Waals surface area contributed by atoms with Crippen LogP contribution in [-0.2, 0) is 4.79 Å². The van der Waals surface area contributed by atoms with Gasteiger partial charge in [-0.05, 0) is 48.2 Å². The molecule has 0 aliphatic heterocycles. The summed E-state index contributed by atoms with van der Waals surface area (Å²) in [5.74, 6) is 0.327. The van der Waals surface area contributed by atoms with Crippen LogP contribution in [-0.4, -0.2) is 23.3 Å². The Labute approximate surface area is 179 Å². The van der Waals surface area contributed by atoms with Crippen molar-refractivity contribution in [2.75, 3.05) is 6.61 Å². The maximum atomic E-state index is 12.1. The molecular weight excluding hydrogens is 398 g/mol. The van der Waals surface area contributed by atoms with E-state index in [1.165, 1.54) is 0 Å². The van der Waals surface area contributed by atoms with E-state index in [-0.39, 0.29) is 12.5 Å². The molecule has 0 saturated heterocycles. The third-order valence-corrected chi connectivity index (χ3v) is 5.12. The zero-order valence-corrected chi connectivity index (χ0v) is 17.1. The van der Waals surface area contributed by atoms with E-state index in [4.69, 9.17) is 16.3 Å². The molecule has 4 rings (SSSR count). The number of nitrogens with one attached hydrogen (secondary N) is 1. The monoisotopic (exact) mass is 417 g/mol. The molecule has 0 fully saturated rings. The SMILES string of the molecule is Cc1ccc(-n2cccc2/C=N/NC(=O)COc2cccc3ccccc23)cc1Cl. The van der Waals surface area contributed by atoms with Gasteiger partial charge in [0.1, 0.15) is 5.75 Å². The first-order valence-electron chi connectivity index (χ1n) is 9.48. The lowest BCUT2D eigenvalue weighted by atomic mass is 10.1. The normalized spacial score (nSPS) is 11.1. The number of fused-ring (bicyclic) bond motifs is 1. The maximum Gasteiger partial charge on any atom is 0.277 e. The Balaban J connectivity index is 1.39. The van der Waals surface area contributed by atoms with Gasteiger partial charge in [0.2, 0.25) is 0 Å². The lowest BCUT2D eigenvalue weighted by Gasteiger charge is -2.09. The quantitative estimate of drug-likeness (QED) is 0.349. The molecule has 0 radical (unpaired) electrons. The zero-order valence-electron chi connectivity index (χ0n) is 16.4. The first-order chi connectivity index (χ1) is 14.6. The average molecular weight is 418 g/mol. The topological polar surface area (TPSA) is 55.6 Å². The van der Waals surface area contributed by atoms with E-state index in [2.05, 4.69) is 10.5 Å². The maximum absolute atomic E-state index is 12.1. The van der Waals surface area contributed by atoms with Gasteiger partial charge in [0.25, 0.3) is 5.91 Å². The van der Waals surface area contributed by atoms with Crippen LogP contribution in [0.25, 0.3) is 16.5 Å². The number of ether oxygens (including phenoxy) is 1. The Hall–Kier alpha value is -3.57. The van der Waals surface area contributed by atoms with Crippen molar-refractivity contribution in [1.29, 1.82) is 0 Å². The molecule has 4 aromatic rings. The fourth-order valence-corrected chi connectivity index (χ4v) is 3.31. The van der Waals surface area contributed by atoms with Crippen molar-refractivity contribution in [3.63, 3.8) is 0 Å². The van der Waals surface area contributed by atoms with Gasteiger partial charge in [-0.1, -0.05) is 54.1 Å². The third-order valence-electron chi connectivity index (χ3n) is 4.71. The number of hydrogen-bond acceptors (Lipinski definition) is 3. The summed E-state index contributed by atoms with van der Waals surface area (Å²) >= 11 is 6.23. The first kappa shape index (κ1) is 19.7. The van der Waals surface area contributed by atoms with Crippen LogP contribution in [0.2, 0.25) is 5.02 Å². The summed E-state index contributed by atoms with van der Waals surface area (Å²) < 4.78 is 7.62. The number of hydrazone groups is 1. The van der Waals surface area contributed by atoms with Gasteiger partial charge in [-0.2, -0.15) is 5.10 Å². The largest absolute Gasteiger partial charge is 0.483 e. The molecule has 0 atom stereocenters. The lowest BCUT2D eigenvalue weighted by molar-refractivity contribution is -0.123. The van der Waals surface area contributed by atoms with E-state index in [1.807, 2.05) is 90.5 Å². The molecule has 0 saturated carbocycles. The molecule has 1 aromatic heterocycles. The minimum atomic E-state index is -0.337. The number of hydrogen-bond donors (Lipinski definition) is 1. The van der Waals surface area contributed by atoms with Crippen molar-refractivity contribution in [3.8, 4) is 11.4 Å². The van der Waals surface area contributed by atoms with E-state index in [0.717, 1.165) is 27.7 Å². The van der Waals surface area contributed by atoms with Crippen molar-refractivity contribution in [2.24, 2.45) is 5.10 Å². The van der Waals surface area contributed by atoms with Crippen molar-refractivity contribution in [3.05, 3.63) is 95.3 Å². The Morgan fingerprint density at radius 2 is 1.93 bits per heavy atom. The summed E-state index contributed by atoms with van der Waals surface area (Å²) in [7, 11) is 0. The fourth-order valence-electron chi connectivity index (χ4n) is 3.13. The molecule has 3 aromatic carbocycles. The highest BCUT2D eigenvalue weighted by Gasteiger charge is 2.06. The molecule has 1 N–H and O–H groups in total. The second-order valence-electron chi connectivity index (χ2n) is 6.80. The van der Waals surface area contributed by atoms with Gasteiger partial charge in [-0.3, -0.25) is 4.79 Å². The Kier molecular flexibility index (Phi) is 5.82. The lowest BCUT2D eigenvalue weighted by Crippen LogP contribution is -2.24.